The lowest BCUT2D eigenvalue weighted by Gasteiger charge is -2.38. The Hall–Kier alpha value is -3.19. The van der Waals surface area contributed by atoms with E-state index in [9.17, 15) is 9.59 Å². The van der Waals surface area contributed by atoms with E-state index in [0.717, 1.165) is 26.7 Å². The third-order valence-electron chi connectivity index (χ3n) is 5.74. The van der Waals surface area contributed by atoms with Crippen LogP contribution in [-0.2, 0) is 20.9 Å². The number of nitrogens with zero attached hydrogens (tertiary/aromatic N) is 2. The van der Waals surface area contributed by atoms with Crippen LogP contribution in [0.3, 0.4) is 0 Å². The molecule has 2 unspecified atom stereocenters. The minimum Gasteiger partial charge on any atom is -0.478 e. The summed E-state index contributed by atoms with van der Waals surface area (Å²) in [5.41, 5.74) is 3.25. The Morgan fingerprint density at radius 3 is 2.58 bits per heavy atom. The number of aromatic nitrogens is 1. The second-order valence-corrected chi connectivity index (χ2v) is 9.47. The lowest BCUT2D eigenvalue weighted by atomic mass is 10.0. The number of hydrogen-bond donors (Lipinski definition) is 0. The summed E-state index contributed by atoms with van der Waals surface area (Å²) in [5.74, 6) is -0.0653. The van der Waals surface area contributed by atoms with Gasteiger partial charge in [0.2, 0.25) is 0 Å². The lowest BCUT2D eigenvalue weighted by Crippen LogP contribution is -2.53. The number of aryl methyl sites for hydroxylation is 2. The molecule has 1 aliphatic heterocycles. The highest BCUT2D eigenvalue weighted by Gasteiger charge is 2.40. The van der Waals surface area contributed by atoms with Crippen molar-refractivity contribution in [2.24, 2.45) is 0 Å². The van der Waals surface area contributed by atoms with Gasteiger partial charge in [0.05, 0.1) is 16.4 Å². The molecule has 0 N–H and O–H groups in total. The molecule has 1 amide bonds. The molecule has 0 bridgehead atoms. The molecule has 2 heterocycles. The number of fused-ring (bicyclic) bond motifs is 1. The molecule has 0 fully saturated rings. The van der Waals surface area contributed by atoms with E-state index in [0.29, 0.717) is 24.3 Å². The Labute approximate surface area is 198 Å². The molecule has 0 saturated carbocycles. The van der Waals surface area contributed by atoms with Crippen LogP contribution in [0.25, 0.3) is 11.3 Å². The maximum atomic E-state index is 13.4. The highest BCUT2D eigenvalue weighted by Crippen LogP contribution is 2.40. The number of esters is 1. The third-order valence-corrected chi connectivity index (χ3v) is 6.63. The molecule has 6 nitrogen and oxygen atoms in total. The fourth-order valence-corrected chi connectivity index (χ4v) is 4.93. The van der Waals surface area contributed by atoms with Crippen LogP contribution in [-0.4, -0.2) is 29.0 Å². The van der Waals surface area contributed by atoms with E-state index in [1.54, 1.807) is 16.2 Å². The zero-order chi connectivity index (χ0) is 23.5. The number of hydrogen-bond acceptors (Lipinski definition) is 6. The summed E-state index contributed by atoms with van der Waals surface area (Å²) >= 11 is 1.63. The Balaban J connectivity index is 1.69. The van der Waals surface area contributed by atoms with Crippen molar-refractivity contribution in [2.45, 2.75) is 59.3 Å². The SMILES string of the molecule is CCC1Oc2ccc(-c3nc(C)sc3C)cc2N(C(CC)C(=O)OCc2ccccc2)C1=O. The summed E-state index contributed by atoms with van der Waals surface area (Å²) < 4.78 is 11.6. The molecular weight excluding hydrogens is 436 g/mol. The van der Waals surface area contributed by atoms with Crippen LogP contribution in [0, 0.1) is 13.8 Å². The molecule has 1 aliphatic rings. The minimum absolute atomic E-state index is 0.163. The molecule has 4 rings (SSSR count). The zero-order valence-electron chi connectivity index (χ0n) is 19.3. The molecule has 0 spiro atoms. The Morgan fingerprint density at radius 2 is 1.94 bits per heavy atom. The second kappa shape index (κ2) is 9.75. The largest absolute Gasteiger partial charge is 0.478 e. The number of rotatable bonds is 7. The molecule has 7 heteroatoms. The van der Waals surface area contributed by atoms with Crippen molar-refractivity contribution in [2.75, 3.05) is 4.90 Å². The van der Waals surface area contributed by atoms with Crippen molar-refractivity contribution < 1.29 is 19.1 Å². The molecule has 2 aromatic carbocycles. The lowest BCUT2D eigenvalue weighted by molar-refractivity contribution is -0.148. The van der Waals surface area contributed by atoms with Gasteiger partial charge in [-0.25, -0.2) is 9.78 Å². The maximum Gasteiger partial charge on any atom is 0.329 e. The highest BCUT2D eigenvalue weighted by atomic mass is 32.1. The standard InChI is InChI=1S/C26H28N2O4S/c1-5-20(26(30)31-15-18-10-8-7-9-11-18)28-21-14-19(24-16(3)33-17(4)27-24)12-13-23(21)32-22(6-2)25(28)29/h7-14,20,22H,5-6,15H2,1-4H3. The molecule has 172 valence electrons. The van der Waals surface area contributed by atoms with Crippen LogP contribution in [0.4, 0.5) is 5.69 Å². The molecule has 1 aromatic heterocycles. The number of carbonyl (C=O) groups is 2. The van der Waals surface area contributed by atoms with Crippen LogP contribution in [0.1, 0.15) is 42.1 Å². The number of carbonyl (C=O) groups excluding carboxylic acids is 2. The first-order valence-corrected chi connectivity index (χ1v) is 12.0. The van der Waals surface area contributed by atoms with Crippen LogP contribution in [0.2, 0.25) is 0 Å². The van der Waals surface area contributed by atoms with Crippen molar-refractivity contribution in [1.82, 2.24) is 4.98 Å². The summed E-state index contributed by atoms with van der Waals surface area (Å²) in [7, 11) is 0. The summed E-state index contributed by atoms with van der Waals surface area (Å²) in [6.07, 6.45) is 0.299. The van der Waals surface area contributed by atoms with Crippen molar-refractivity contribution in [3.8, 4) is 17.0 Å². The third kappa shape index (κ3) is 4.64. The van der Waals surface area contributed by atoms with E-state index in [4.69, 9.17) is 9.47 Å². The Bertz CT molecular complexity index is 1160. The van der Waals surface area contributed by atoms with Crippen molar-refractivity contribution in [3.05, 3.63) is 64.0 Å². The highest BCUT2D eigenvalue weighted by molar-refractivity contribution is 7.11. The summed E-state index contributed by atoms with van der Waals surface area (Å²) in [6, 6.07) is 14.5. The van der Waals surface area contributed by atoms with Gasteiger partial charge in [0.15, 0.2) is 6.10 Å². The van der Waals surface area contributed by atoms with Gasteiger partial charge in [-0.1, -0.05) is 44.2 Å². The van der Waals surface area contributed by atoms with Gasteiger partial charge < -0.3 is 9.47 Å². The normalized spacial score (nSPS) is 16.2. The molecule has 3 aromatic rings. The average molecular weight is 465 g/mol. The van der Waals surface area contributed by atoms with Crippen LogP contribution in [0.5, 0.6) is 5.75 Å². The van der Waals surface area contributed by atoms with Crippen LogP contribution >= 0.6 is 11.3 Å². The second-order valence-electron chi connectivity index (χ2n) is 8.06. The number of ether oxygens (including phenoxy) is 2. The van der Waals surface area contributed by atoms with Gasteiger partial charge in [0.1, 0.15) is 18.4 Å². The average Bonchev–Trinajstić information content (AvgIpc) is 3.17. The van der Waals surface area contributed by atoms with E-state index in [1.807, 2.05) is 76.2 Å². The van der Waals surface area contributed by atoms with E-state index in [2.05, 4.69) is 4.98 Å². The maximum absolute atomic E-state index is 13.4. The van der Waals surface area contributed by atoms with E-state index < -0.39 is 18.1 Å². The van der Waals surface area contributed by atoms with Gasteiger partial charge in [0, 0.05) is 10.4 Å². The minimum atomic E-state index is -0.744. The van der Waals surface area contributed by atoms with Gasteiger partial charge in [-0.05, 0) is 50.5 Å². The summed E-state index contributed by atoms with van der Waals surface area (Å²) in [5, 5.41) is 0.978. The quantitative estimate of drug-likeness (QED) is 0.435. The van der Waals surface area contributed by atoms with Gasteiger partial charge in [-0.3, -0.25) is 9.69 Å². The van der Waals surface area contributed by atoms with Gasteiger partial charge in [0.25, 0.3) is 5.91 Å². The Morgan fingerprint density at radius 1 is 1.18 bits per heavy atom. The van der Waals surface area contributed by atoms with Crippen LogP contribution < -0.4 is 9.64 Å². The first kappa shape index (κ1) is 23.0. The molecule has 2 atom stereocenters. The molecule has 0 radical (unpaired) electrons. The van der Waals surface area contributed by atoms with Gasteiger partial charge in [-0.15, -0.1) is 11.3 Å². The Kier molecular flexibility index (Phi) is 6.79. The van der Waals surface area contributed by atoms with Gasteiger partial charge in [-0.2, -0.15) is 0 Å². The monoisotopic (exact) mass is 464 g/mol. The van der Waals surface area contributed by atoms with Crippen LogP contribution in [0.15, 0.2) is 48.5 Å². The topological polar surface area (TPSA) is 68.7 Å². The van der Waals surface area contributed by atoms with Crippen molar-refractivity contribution in [3.63, 3.8) is 0 Å². The number of anilines is 1. The first-order chi connectivity index (χ1) is 15.9. The summed E-state index contributed by atoms with van der Waals surface area (Å²) in [4.78, 5) is 33.9. The predicted octanol–water partition coefficient (Wildman–Crippen LogP) is 5.45. The zero-order valence-corrected chi connectivity index (χ0v) is 20.1. The first-order valence-electron chi connectivity index (χ1n) is 11.2. The molecule has 0 saturated heterocycles. The predicted molar refractivity (Wildman–Crippen MR) is 130 cm³/mol. The number of benzene rings is 2. The van der Waals surface area contributed by atoms with Gasteiger partial charge >= 0.3 is 5.97 Å². The number of thiazole rings is 1. The fourth-order valence-electron chi connectivity index (χ4n) is 4.09. The summed E-state index contributed by atoms with van der Waals surface area (Å²) in [6.45, 7) is 7.95. The van der Waals surface area contributed by atoms with E-state index >= 15 is 0 Å². The number of amides is 1. The molecular formula is C26H28N2O4S. The smallest absolute Gasteiger partial charge is 0.329 e. The van der Waals surface area contributed by atoms with Crippen molar-refractivity contribution in [1.29, 1.82) is 0 Å². The van der Waals surface area contributed by atoms with Crippen molar-refractivity contribution >= 4 is 28.9 Å². The molecule has 33 heavy (non-hydrogen) atoms. The molecule has 0 aliphatic carbocycles. The fraction of sp³-hybridized carbons (Fsp3) is 0.346. The van der Waals surface area contributed by atoms with E-state index in [-0.39, 0.29) is 12.5 Å². The van der Waals surface area contributed by atoms with E-state index in [1.165, 1.54) is 0 Å².